The summed E-state index contributed by atoms with van der Waals surface area (Å²) in [5, 5.41) is 4.53. The van der Waals surface area contributed by atoms with Gasteiger partial charge in [-0.05, 0) is 17.4 Å². The molecule has 0 aromatic heterocycles. The summed E-state index contributed by atoms with van der Waals surface area (Å²) < 4.78 is 4.03. The zero-order valence-electron chi connectivity index (χ0n) is 12.9. The largest absolute Gasteiger partial charge is 0.465 e. The highest BCUT2D eigenvalue weighted by Gasteiger charge is 2.36. The first-order valence-corrected chi connectivity index (χ1v) is 8.41. The molecule has 0 aliphatic heterocycles. The average Bonchev–Trinajstić information content (AvgIpc) is 2.45. The molecule has 0 aliphatic carbocycles. The van der Waals surface area contributed by atoms with E-state index in [1.165, 1.54) is 0 Å². The smallest absolute Gasteiger partial charge is 0.246 e. The summed E-state index contributed by atoms with van der Waals surface area (Å²) in [5.41, 5.74) is 0. The molecule has 0 saturated carbocycles. The van der Waals surface area contributed by atoms with Crippen molar-refractivity contribution in [3.8, 4) is 5.75 Å². The first-order valence-electron chi connectivity index (χ1n) is 7.28. The zero-order valence-corrected chi connectivity index (χ0v) is 15.1. The van der Waals surface area contributed by atoms with Crippen LogP contribution in [0.4, 0.5) is 0 Å². The third kappa shape index (κ3) is 5.17. The minimum absolute atomic E-state index is 0.198. The summed E-state index contributed by atoms with van der Waals surface area (Å²) in [6.07, 6.45) is -0.750. The number of alkyl halides is 3. The molecule has 1 N–H and O–H groups in total. The number of rotatable bonds is 5. The van der Waals surface area contributed by atoms with Gasteiger partial charge in [-0.25, -0.2) is 0 Å². The summed E-state index contributed by atoms with van der Waals surface area (Å²) in [6, 6.07) is 13.3. The molecule has 0 spiro atoms. The molecule has 2 aromatic carbocycles. The van der Waals surface area contributed by atoms with Crippen molar-refractivity contribution in [1.29, 1.82) is 0 Å². The van der Waals surface area contributed by atoms with E-state index in [1.54, 1.807) is 6.07 Å². The van der Waals surface area contributed by atoms with Gasteiger partial charge in [0.05, 0.1) is 0 Å². The number of amides is 1. The van der Waals surface area contributed by atoms with Crippen LogP contribution in [0.5, 0.6) is 5.75 Å². The molecule has 0 radical (unpaired) electrons. The predicted octanol–water partition coefficient (Wildman–Crippen LogP) is 5.08. The van der Waals surface area contributed by atoms with E-state index in [9.17, 15) is 4.79 Å². The maximum Gasteiger partial charge on any atom is 0.246 e. The van der Waals surface area contributed by atoms with Gasteiger partial charge in [-0.1, -0.05) is 85.0 Å². The Bertz CT molecular complexity index is 678. The van der Waals surface area contributed by atoms with Crippen LogP contribution < -0.4 is 10.1 Å². The molecule has 2 rings (SSSR count). The fourth-order valence-electron chi connectivity index (χ4n) is 2.18. The highest BCUT2D eigenvalue weighted by atomic mass is 35.6. The fraction of sp³-hybridized carbons (Fsp3) is 0.353. The number of fused-ring (bicyclic) bond motifs is 1. The normalized spacial score (nSPS) is 13.1. The van der Waals surface area contributed by atoms with Crippen LogP contribution in [-0.4, -0.2) is 15.9 Å². The number of hydrogen-bond donors (Lipinski definition) is 1. The topological polar surface area (TPSA) is 38.3 Å². The Labute approximate surface area is 150 Å². The van der Waals surface area contributed by atoms with Crippen LogP contribution in [0.2, 0.25) is 0 Å². The third-order valence-corrected chi connectivity index (χ3v) is 3.77. The molecule has 0 unspecified atom stereocenters. The molecule has 6 heteroatoms. The molecule has 0 aliphatic rings. The number of benzene rings is 2. The van der Waals surface area contributed by atoms with Gasteiger partial charge in [0.25, 0.3) is 0 Å². The SMILES string of the molecule is CC(C)CC(=O)N[C@@H](Oc1cccc2ccccc12)C(Cl)(Cl)Cl. The Morgan fingerprint density at radius 3 is 2.43 bits per heavy atom. The Kier molecular flexibility index (Phi) is 6.01. The lowest BCUT2D eigenvalue weighted by molar-refractivity contribution is -0.124. The van der Waals surface area contributed by atoms with Crippen LogP contribution in [0, 0.1) is 5.92 Å². The number of halogens is 3. The quantitative estimate of drug-likeness (QED) is 0.585. The highest BCUT2D eigenvalue weighted by Crippen LogP contribution is 2.34. The zero-order chi connectivity index (χ0) is 17.0. The van der Waals surface area contributed by atoms with E-state index in [1.807, 2.05) is 50.2 Å². The van der Waals surface area contributed by atoms with E-state index >= 15 is 0 Å². The van der Waals surface area contributed by atoms with Gasteiger partial charge in [0.2, 0.25) is 15.9 Å². The minimum Gasteiger partial charge on any atom is -0.465 e. The lowest BCUT2D eigenvalue weighted by Gasteiger charge is -2.27. The van der Waals surface area contributed by atoms with E-state index < -0.39 is 10.0 Å². The monoisotopic (exact) mass is 373 g/mol. The minimum atomic E-state index is -1.79. The lowest BCUT2D eigenvalue weighted by Crippen LogP contribution is -2.48. The van der Waals surface area contributed by atoms with Crippen LogP contribution in [0.15, 0.2) is 42.5 Å². The molecule has 0 fully saturated rings. The van der Waals surface area contributed by atoms with Crippen molar-refractivity contribution in [2.24, 2.45) is 5.92 Å². The Morgan fingerprint density at radius 2 is 1.78 bits per heavy atom. The van der Waals surface area contributed by atoms with Gasteiger partial charge in [-0.15, -0.1) is 0 Å². The number of carbonyl (C=O) groups is 1. The van der Waals surface area contributed by atoms with E-state index in [4.69, 9.17) is 39.5 Å². The summed E-state index contributed by atoms with van der Waals surface area (Å²) in [4.78, 5) is 12.0. The predicted molar refractivity (Wildman–Crippen MR) is 96.3 cm³/mol. The van der Waals surface area contributed by atoms with E-state index in [0.29, 0.717) is 12.2 Å². The molecular weight excluding hydrogens is 357 g/mol. The second kappa shape index (κ2) is 7.61. The molecular formula is C17H18Cl3NO2. The summed E-state index contributed by atoms with van der Waals surface area (Å²) in [5.74, 6) is 0.518. The van der Waals surface area contributed by atoms with Crippen LogP contribution >= 0.6 is 34.8 Å². The fourth-order valence-corrected chi connectivity index (χ4v) is 2.48. The molecule has 0 saturated heterocycles. The first-order chi connectivity index (χ1) is 10.8. The van der Waals surface area contributed by atoms with Gasteiger partial charge in [0, 0.05) is 11.8 Å². The second-order valence-corrected chi connectivity index (χ2v) is 8.05. The van der Waals surface area contributed by atoms with Crippen LogP contribution in [0.1, 0.15) is 20.3 Å². The maximum atomic E-state index is 12.0. The molecule has 3 nitrogen and oxygen atoms in total. The molecule has 23 heavy (non-hydrogen) atoms. The van der Waals surface area contributed by atoms with Crippen molar-refractivity contribution in [3.05, 3.63) is 42.5 Å². The van der Waals surface area contributed by atoms with E-state index in [2.05, 4.69) is 5.32 Å². The Balaban J connectivity index is 2.25. The van der Waals surface area contributed by atoms with Gasteiger partial charge >= 0.3 is 0 Å². The van der Waals surface area contributed by atoms with E-state index in [-0.39, 0.29) is 11.8 Å². The molecule has 2 aromatic rings. The molecule has 124 valence electrons. The highest BCUT2D eigenvalue weighted by molar-refractivity contribution is 6.68. The number of hydrogen-bond acceptors (Lipinski definition) is 2. The van der Waals surface area contributed by atoms with Crippen LogP contribution in [-0.2, 0) is 4.79 Å². The van der Waals surface area contributed by atoms with Crippen molar-refractivity contribution in [1.82, 2.24) is 5.32 Å². The van der Waals surface area contributed by atoms with E-state index in [0.717, 1.165) is 10.8 Å². The summed E-state index contributed by atoms with van der Waals surface area (Å²) in [6.45, 7) is 3.88. The molecule has 0 heterocycles. The number of ether oxygens (including phenoxy) is 1. The Hall–Kier alpha value is -1.16. The summed E-state index contributed by atoms with van der Waals surface area (Å²) >= 11 is 17.9. The third-order valence-electron chi connectivity index (χ3n) is 3.18. The van der Waals surface area contributed by atoms with Crippen molar-refractivity contribution in [2.75, 3.05) is 0 Å². The molecule has 0 bridgehead atoms. The standard InChI is InChI=1S/C17H18Cl3NO2/c1-11(2)10-15(22)21-16(17(18,19)20)23-14-9-5-7-12-6-3-4-8-13(12)14/h3-9,11,16H,10H2,1-2H3,(H,21,22)/t16-/m0/s1. The van der Waals surface area contributed by atoms with Crippen LogP contribution in [0.25, 0.3) is 10.8 Å². The number of nitrogens with one attached hydrogen (secondary N) is 1. The van der Waals surface area contributed by atoms with Gasteiger partial charge in [-0.3, -0.25) is 4.79 Å². The second-order valence-electron chi connectivity index (χ2n) is 5.68. The van der Waals surface area contributed by atoms with Crippen molar-refractivity contribution >= 4 is 51.5 Å². The first kappa shape index (κ1) is 18.2. The van der Waals surface area contributed by atoms with Crippen molar-refractivity contribution < 1.29 is 9.53 Å². The number of carbonyl (C=O) groups excluding carboxylic acids is 1. The van der Waals surface area contributed by atoms with Crippen molar-refractivity contribution in [3.63, 3.8) is 0 Å². The maximum absolute atomic E-state index is 12.0. The van der Waals surface area contributed by atoms with Gasteiger partial charge in [0.15, 0.2) is 0 Å². The van der Waals surface area contributed by atoms with Gasteiger partial charge < -0.3 is 10.1 Å². The summed E-state index contributed by atoms with van der Waals surface area (Å²) in [7, 11) is 0. The Morgan fingerprint density at radius 1 is 1.13 bits per heavy atom. The molecule has 1 amide bonds. The van der Waals surface area contributed by atoms with Crippen molar-refractivity contribution in [2.45, 2.75) is 30.3 Å². The van der Waals surface area contributed by atoms with Crippen LogP contribution in [0.3, 0.4) is 0 Å². The van der Waals surface area contributed by atoms with Gasteiger partial charge in [-0.2, -0.15) is 0 Å². The molecule has 1 atom stereocenters. The van der Waals surface area contributed by atoms with Gasteiger partial charge in [0.1, 0.15) is 5.75 Å². The lowest BCUT2D eigenvalue weighted by atomic mass is 10.1. The average molecular weight is 375 g/mol.